The number of amides is 2. The summed E-state index contributed by atoms with van der Waals surface area (Å²) < 4.78 is 1.57. The van der Waals surface area contributed by atoms with Crippen LogP contribution in [0.4, 0.5) is 5.69 Å². The van der Waals surface area contributed by atoms with Crippen LogP contribution < -0.4 is 27.2 Å². The molecule has 0 spiro atoms. The Morgan fingerprint density at radius 1 is 1.00 bits per heavy atom. The molecule has 3 aromatic carbocycles. The van der Waals surface area contributed by atoms with Crippen molar-refractivity contribution in [3.63, 3.8) is 0 Å². The lowest BCUT2D eigenvalue weighted by atomic mass is 10.0. The number of H-pyrrole nitrogens is 1. The molecule has 14 heteroatoms. The first-order chi connectivity index (χ1) is 20.9. The lowest BCUT2D eigenvalue weighted by Gasteiger charge is -2.14. The van der Waals surface area contributed by atoms with E-state index in [9.17, 15) is 19.2 Å². The van der Waals surface area contributed by atoms with Crippen molar-refractivity contribution in [3.05, 3.63) is 110 Å². The van der Waals surface area contributed by atoms with Crippen molar-refractivity contribution >= 4 is 28.4 Å². The first kappa shape index (κ1) is 25.9. The van der Waals surface area contributed by atoms with Crippen LogP contribution in [0.15, 0.2) is 70.6 Å². The minimum atomic E-state index is -0.693. The third kappa shape index (κ3) is 4.50. The van der Waals surface area contributed by atoms with Gasteiger partial charge in [-0.2, -0.15) is 5.21 Å². The predicted molar refractivity (Wildman–Crippen MR) is 154 cm³/mol. The number of hydrogen-bond donors (Lipinski definition) is 4. The molecule has 212 valence electrons. The molecular weight excluding hydrogens is 552 g/mol. The highest BCUT2D eigenvalue weighted by atomic mass is 16.2. The summed E-state index contributed by atoms with van der Waals surface area (Å²) in [7, 11) is 0. The summed E-state index contributed by atoms with van der Waals surface area (Å²) in [4.78, 5) is 57.8. The van der Waals surface area contributed by atoms with Gasteiger partial charge >= 0.3 is 0 Å². The minimum absolute atomic E-state index is 0.0395. The number of nitrogens with zero attached hydrogens (tertiary/aromatic N) is 6. The molecule has 43 heavy (non-hydrogen) atoms. The Bertz CT molecular complexity index is 2130. The average Bonchev–Trinajstić information content (AvgIpc) is 3.81. The third-order valence-electron chi connectivity index (χ3n) is 7.63. The number of tetrazole rings is 1. The predicted octanol–water partition coefficient (Wildman–Crippen LogP) is 1.13. The number of nitrogen functional groups attached to an aromatic ring is 1. The van der Waals surface area contributed by atoms with E-state index in [1.165, 1.54) is 12.4 Å². The number of anilines is 1. The lowest BCUT2D eigenvalue weighted by Crippen LogP contribution is -2.38. The second-order valence-corrected chi connectivity index (χ2v) is 10.2. The molecule has 1 aliphatic rings. The highest BCUT2D eigenvalue weighted by molar-refractivity contribution is 5.97. The highest BCUT2D eigenvalue weighted by Crippen LogP contribution is 2.33. The van der Waals surface area contributed by atoms with Gasteiger partial charge in [0.1, 0.15) is 29.1 Å². The lowest BCUT2D eigenvalue weighted by molar-refractivity contribution is 0.0931. The Hall–Kier alpha value is -6.05. The molecule has 1 aliphatic carbocycles. The molecular formula is C29H22N10O4. The molecule has 0 saturated carbocycles. The van der Waals surface area contributed by atoms with Crippen molar-refractivity contribution in [1.29, 1.82) is 0 Å². The topological polar surface area (TPSA) is 204 Å². The Morgan fingerprint density at radius 2 is 1.84 bits per heavy atom. The molecule has 3 aromatic heterocycles. The normalized spacial score (nSPS) is 14.2. The van der Waals surface area contributed by atoms with E-state index in [1.807, 2.05) is 30.3 Å². The van der Waals surface area contributed by atoms with Gasteiger partial charge in [0.2, 0.25) is 5.82 Å². The number of aromatic nitrogens is 7. The number of nitrogens with two attached hydrogens (primary N) is 1. The summed E-state index contributed by atoms with van der Waals surface area (Å²) >= 11 is 0. The average molecular weight is 575 g/mol. The maximum Gasteiger partial charge on any atom is 0.270 e. The molecule has 0 bridgehead atoms. The summed E-state index contributed by atoms with van der Waals surface area (Å²) in [5.41, 5.74) is 8.95. The second kappa shape index (κ2) is 10.1. The zero-order valence-corrected chi connectivity index (χ0v) is 22.4. The van der Waals surface area contributed by atoms with E-state index in [2.05, 4.69) is 41.2 Å². The van der Waals surface area contributed by atoms with Crippen LogP contribution in [-0.2, 0) is 13.0 Å². The molecule has 0 radical (unpaired) electrons. The molecule has 1 atom stereocenters. The fourth-order valence-electron chi connectivity index (χ4n) is 5.42. The van der Waals surface area contributed by atoms with Crippen molar-refractivity contribution in [2.24, 2.45) is 0 Å². The summed E-state index contributed by atoms with van der Waals surface area (Å²) in [6.07, 6.45) is 4.35. The Morgan fingerprint density at radius 3 is 2.63 bits per heavy atom. The first-order valence-electron chi connectivity index (χ1n) is 13.3. The number of aryl methyl sites for hydroxylation is 1. The largest absolute Gasteiger partial charge is 0.394 e. The summed E-state index contributed by atoms with van der Waals surface area (Å²) in [5, 5.41) is 20.7. The highest BCUT2D eigenvalue weighted by Gasteiger charge is 2.26. The molecule has 2 amide bonds. The summed E-state index contributed by atoms with van der Waals surface area (Å²) in [5.74, 6) is -0.401. The summed E-state index contributed by atoms with van der Waals surface area (Å²) in [6, 6.07) is 14.3. The molecule has 0 unspecified atom stereocenters. The van der Waals surface area contributed by atoms with E-state index in [0.29, 0.717) is 11.3 Å². The number of fused-ring (bicyclic) bond motifs is 2. The second-order valence-electron chi connectivity index (χ2n) is 10.2. The van der Waals surface area contributed by atoms with E-state index >= 15 is 0 Å². The van der Waals surface area contributed by atoms with Crippen LogP contribution in [0.1, 0.15) is 50.1 Å². The van der Waals surface area contributed by atoms with Gasteiger partial charge < -0.3 is 20.9 Å². The zero-order chi connectivity index (χ0) is 29.7. The van der Waals surface area contributed by atoms with E-state index in [4.69, 9.17) is 5.73 Å². The summed E-state index contributed by atoms with van der Waals surface area (Å²) in [6.45, 7) is 0.150. The van der Waals surface area contributed by atoms with Crippen LogP contribution in [-0.4, -0.2) is 47.0 Å². The Labute approximate surface area is 241 Å². The maximum absolute atomic E-state index is 13.1. The van der Waals surface area contributed by atoms with Gasteiger partial charge in [-0.05, 0) is 58.3 Å². The fraction of sp³-hybridized carbons (Fsp3) is 0.138. The standard InChI is InChI=1S/C29H22N10O4/c30-23-24(26(41)25(23)40)39-8-7-15-2-1-14(9-22(15)39)12-31-28(42)20-11-21(33-13-32-20)29(43)34-19-6-4-16-10-17(3-5-18(16)19)27-35-37-38-36-27/h1-3,5,7-11,13,19H,4,6,12,30H2,(H,31,42)(H,34,43)(H,35,36,37,38)/t19-/m0/s1. The Kier molecular flexibility index (Phi) is 6.08. The Balaban J connectivity index is 1.02. The van der Waals surface area contributed by atoms with Crippen molar-refractivity contribution in [2.75, 3.05) is 5.73 Å². The number of rotatable bonds is 7. The SMILES string of the molecule is Nc1c(-n2ccc3ccc(CNC(=O)c4cc(C(=O)N[C@H]5CCc6cc(-c7nn[nH]n7)ccc65)ncn4)cc32)c(=O)c1=O. The van der Waals surface area contributed by atoms with Gasteiger partial charge in [0.15, 0.2) is 0 Å². The molecule has 14 nitrogen and oxygen atoms in total. The van der Waals surface area contributed by atoms with Crippen molar-refractivity contribution in [3.8, 4) is 17.1 Å². The minimum Gasteiger partial charge on any atom is -0.394 e. The number of aromatic amines is 1. The fourth-order valence-corrected chi connectivity index (χ4v) is 5.42. The van der Waals surface area contributed by atoms with Crippen LogP contribution in [0.25, 0.3) is 28.0 Å². The van der Waals surface area contributed by atoms with Gasteiger partial charge in [0.25, 0.3) is 22.7 Å². The molecule has 5 N–H and O–H groups in total. The molecule has 0 fully saturated rings. The number of hydrogen-bond acceptors (Lipinski definition) is 10. The van der Waals surface area contributed by atoms with Crippen LogP contribution in [0.3, 0.4) is 0 Å². The van der Waals surface area contributed by atoms with Gasteiger partial charge in [-0.1, -0.05) is 24.3 Å². The number of carbonyl (C=O) groups is 2. The van der Waals surface area contributed by atoms with Crippen molar-refractivity contribution < 1.29 is 9.59 Å². The first-order valence-corrected chi connectivity index (χ1v) is 13.3. The smallest absolute Gasteiger partial charge is 0.270 e. The number of carbonyl (C=O) groups excluding carboxylic acids is 2. The van der Waals surface area contributed by atoms with Crippen LogP contribution in [0.5, 0.6) is 0 Å². The third-order valence-corrected chi connectivity index (χ3v) is 7.63. The van der Waals surface area contributed by atoms with Crippen LogP contribution in [0.2, 0.25) is 0 Å². The molecule has 0 saturated heterocycles. The molecule has 3 heterocycles. The zero-order valence-electron chi connectivity index (χ0n) is 22.4. The quantitative estimate of drug-likeness (QED) is 0.200. The van der Waals surface area contributed by atoms with E-state index in [1.54, 1.807) is 22.9 Å². The molecule has 6 aromatic rings. The van der Waals surface area contributed by atoms with Crippen LogP contribution >= 0.6 is 0 Å². The van der Waals surface area contributed by atoms with Crippen molar-refractivity contribution in [2.45, 2.75) is 25.4 Å². The van der Waals surface area contributed by atoms with E-state index in [-0.39, 0.29) is 35.3 Å². The van der Waals surface area contributed by atoms with E-state index < -0.39 is 22.7 Å². The van der Waals surface area contributed by atoms with E-state index in [0.717, 1.165) is 40.5 Å². The van der Waals surface area contributed by atoms with Gasteiger partial charge in [-0.15, -0.1) is 10.2 Å². The number of benzene rings is 2. The van der Waals surface area contributed by atoms with Crippen molar-refractivity contribution in [1.82, 2.24) is 45.8 Å². The number of nitrogens with one attached hydrogen (secondary N) is 3. The van der Waals surface area contributed by atoms with Gasteiger partial charge in [0, 0.05) is 24.4 Å². The van der Waals surface area contributed by atoms with Crippen LogP contribution in [0, 0.1) is 0 Å². The van der Waals surface area contributed by atoms with Gasteiger partial charge in [0.05, 0.1) is 11.6 Å². The monoisotopic (exact) mass is 574 g/mol. The van der Waals surface area contributed by atoms with Gasteiger partial charge in [-0.3, -0.25) is 19.2 Å². The van der Waals surface area contributed by atoms with Gasteiger partial charge in [-0.25, -0.2) is 9.97 Å². The molecule has 0 aliphatic heterocycles. The maximum atomic E-state index is 13.1. The molecule has 7 rings (SSSR count).